The van der Waals surface area contributed by atoms with Crippen molar-refractivity contribution in [3.05, 3.63) is 47.9 Å². The molecule has 2 heterocycles. The summed E-state index contributed by atoms with van der Waals surface area (Å²) in [7, 11) is 0. The van der Waals surface area contributed by atoms with Gasteiger partial charge in [-0.1, -0.05) is 0 Å². The number of furan rings is 1. The van der Waals surface area contributed by atoms with E-state index in [1.54, 1.807) is 6.26 Å². The fourth-order valence-corrected chi connectivity index (χ4v) is 2.72. The Morgan fingerprint density at radius 3 is 2.82 bits per heavy atom. The summed E-state index contributed by atoms with van der Waals surface area (Å²) in [5, 5.41) is 22.3. The van der Waals surface area contributed by atoms with E-state index < -0.39 is 0 Å². The molecule has 0 amide bonds. The lowest BCUT2D eigenvalue weighted by Crippen LogP contribution is -2.36. The Balaban J connectivity index is 1.72. The lowest BCUT2D eigenvalue weighted by Gasteiger charge is -2.32. The zero-order valence-electron chi connectivity index (χ0n) is 12.3. The second-order valence-corrected chi connectivity index (χ2v) is 5.49. The predicted molar refractivity (Wildman–Crippen MR) is 84.6 cm³/mol. The second-order valence-electron chi connectivity index (χ2n) is 5.49. The normalized spacial score (nSPS) is 15.5. The van der Waals surface area contributed by atoms with Crippen molar-refractivity contribution in [2.75, 3.05) is 23.3 Å². The van der Waals surface area contributed by atoms with Gasteiger partial charge in [0.2, 0.25) is 0 Å². The van der Waals surface area contributed by atoms with E-state index in [4.69, 9.17) is 4.42 Å². The monoisotopic (exact) mass is 297 g/mol. The summed E-state index contributed by atoms with van der Waals surface area (Å²) in [5.74, 6) is 0.854. The van der Waals surface area contributed by atoms with Crippen molar-refractivity contribution in [1.29, 1.82) is 5.26 Å². The minimum absolute atomic E-state index is 0.212. The number of hydrogen-bond acceptors (Lipinski definition) is 5. The summed E-state index contributed by atoms with van der Waals surface area (Å²) >= 11 is 0. The molecule has 0 spiro atoms. The number of aliphatic hydroxyl groups excluding tert-OH is 1. The standard InChI is InChI=1S/C17H19N3O2/c18-11-13-10-14(19-12-16-2-1-9-22-16)3-4-17(13)20-7-5-15(21)6-8-20/h1-4,9-10,15,19,21H,5-8,12H2. The highest BCUT2D eigenvalue weighted by atomic mass is 16.3. The van der Waals surface area contributed by atoms with Gasteiger partial charge in [-0.3, -0.25) is 0 Å². The Hall–Kier alpha value is -2.45. The molecule has 0 atom stereocenters. The molecule has 114 valence electrons. The maximum absolute atomic E-state index is 9.59. The first-order valence-corrected chi connectivity index (χ1v) is 7.49. The first-order valence-electron chi connectivity index (χ1n) is 7.49. The molecule has 2 N–H and O–H groups in total. The van der Waals surface area contributed by atoms with E-state index in [9.17, 15) is 10.4 Å². The van der Waals surface area contributed by atoms with E-state index in [1.165, 1.54) is 0 Å². The topological polar surface area (TPSA) is 72.4 Å². The quantitative estimate of drug-likeness (QED) is 0.908. The minimum atomic E-state index is -0.212. The highest BCUT2D eigenvalue weighted by Crippen LogP contribution is 2.27. The molecule has 0 radical (unpaired) electrons. The predicted octanol–water partition coefficient (Wildman–Crippen LogP) is 2.72. The maximum Gasteiger partial charge on any atom is 0.122 e. The van der Waals surface area contributed by atoms with Crippen molar-refractivity contribution >= 4 is 11.4 Å². The van der Waals surface area contributed by atoms with Gasteiger partial charge in [0.15, 0.2) is 0 Å². The Morgan fingerprint density at radius 2 is 2.14 bits per heavy atom. The number of benzene rings is 1. The molecule has 0 bridgehead atoms. The van der Waals surface area contributed by atoms with Gasteiger partial charge in [-0.05, 0) is 43.2 Å². The zero-order valence-corrected chi connectivity index (χ0v) is 12.3. The number of nitrogens with one attached hydrogen (secondary N) is 1. The van der Waals surface area contributed by atoms with Crippen LogP contribution >= 0.6 is 0 Å². The molecule has 1 aromatic carbocycles. The van der Waals surface area contributed by atoms with Gasteiger partial charge in [-0.15, -0.1) is 0 Å². The van der Waals surface area contributed by atoms with Crippen LogP contribution in [0.2, 0.25) is 0 Å². The SMILES string of the molecule is N#Cc1cc(NCc2ccco2)ccc1N1CCC(O)CC1. The van der Waals surface area contributed by atoms with Crippen LogP contribution in [0.4, 0.5) is 11.4 Å². The van der Waals surface area contributed by atoms with Crippen LogP contribution < -0.4 is 10.2 Å². The summed E-state index contributed by atoms with van der Waals surface area (Å²) in [4.78, 5) is 2.17. The Bertz CT molecular complexity index is 653. The van der Waals surface area contributed by atoms with Gasteiger partial charge < -0.3 is 19.7 Å². The summed E-state index contributed by atoms with van der Waals surface area (Å²) < 4.78 is 5.28. The first kappa shape index (κ1) is 14.5. The van der Waals surface area contributed by atoms with Gasteiger partial charge >= 0.3 is 0 Å². The van der Waals surface area contributed by atoms with Crippen molar-refractivity contribution in [3.8, 4) is 6.07 Å². The second kappa shape index (κ2) is 6.54. The van der Waals surface area contributed by atoms with E-state index in [0.29, 0.717) is 12.1 Å². The maximum atomic E-state index is 9.59. The van der Waals surface area contributed by atoms with E-state index in [2.05, 4.69) is 16.3 Å². The Labute approximate surface area is 129 Å². The molecular formula is C17H19N3O2. The van der Waals surface area contributed by atoms with Crippen LogP contribution in [-0.2, 0) is 6.54 Å². The van der Waals surface area contributed by atoms with Crippen LogP contribution in [0.5, 0.6) is 0 Å². The van der Waals surface area contributed by atoms with Crippen LogP contribution in [0.3, 0.4) is 0 Å². The average molecular weight is 297 g/mol. The molecule has 1 aliphatic rings. The molecule has 1 aliphatic heterocycles. The molecule has 5 nitrogen and oxygen atoms in total. The third-order valence-corrected chi connectivity index (χ3v) is 3.97. The van der Waals surface area contributed by atoms with E-state index in [0.717, 1.165) is 43.1 Å². The summed E-state index contributed by atoms with van der Waals surface area (Å²) in [6, 6.07) is 11.8. The average Bonchev–Trinajstić information content (AvgIpc) is 3.07. The Kier molecular flexibility index (Phi) is 4.31. The molecular weight excluding hydrogens is 278 g/mol. The number of hydrogen-bond donors (Lipinski definition) is 2. The van der Waals surface area contributed by atoms with Gasteiger partial charge in [-0.25, -0.2) is 0 Å². The van der Waals surface area contributed by atoms with Gasteiger partial charge in [0.05, 0.1) is 30.2 Å². The highest BCUT2D eigenvalue weighted by molar-refractivity contribution is 5.65. The molecule has 0 saturated carbocycles. The van der Waals surface area contributed by atoms with Crippen LogP contribution in [0.25, 0.3) is 0 Å². The summed E-state index contributed by atoms with van der Waals surface area (Å²) in [6.45, 7) is 2.16. The Morgan fingerprint density at radius 1 is 1.32 bits per heavy atom. The van der Waals surface area contributed by atoms with Crippen LogP contribution in [0, 0.1) is 11.3 Å². The van der Waals surface area contributed by atoms with Crippen molar-refractivity contribution in [2.24, 2.45) is 0 Å². The van der Waals surface area contributed by atoms with Crippen molar-refractivity contribution in [3.63, 3.8) is 0 Å². The van der Waals surface area contributed by atoms with Gasteiger partial charge in [0, 0.05) is 18.8 Å². The van der Waals surface area contributed by atoms with Gasteiger partial charge in [0.1, 0.15) is 11.8 Å². The number of rotatable bonds is 4. The lowest BCUT2D eigenvalue weighted by molar-refractivity contribution is 0.145. The first-order chi connectivity index (χ1) is 10.8. The number of aliphatic hydroxyl groups is 1. The highest BCUT2D eigenvalue weighted by Gasteiger charge is 2.19. The van der Waals surface area contributed by atoms with Gasteiger partial charge in [0.25, 0.3) is 0 Å². The molecule has 3 rings (SSSR count). The number of anilines is 2. The smallest absolute Gasteiger partial charge is 0.122 e. The molecule has 5 heteroatoms. The summed E-state index contributed by atoms with van der Waals surface area (Å²) in [5.41, 5.74) is 2.49. The lowest BCUT2D eigenvalue weighted by atomic mass is 10.0. The molecule has 0 aliphatic carbocycles. The molecule has 2 aromatic rings. The van der Waals surface area contributed by atoms with Gasteiger partial charge in [-0.2, -0.15) is 5.26 Å². The number of nitrogens with zero attached hydrogens (tertiary/aromatic N) is 2. The number of nitriles is 1. The van der Waals surface area contributed by atoms with Crippen LogP contribution in [0.1, 0.15) is 24.2 Å². The third kappa shape index (κ3) is 3.23. The van der Waals surface area contributed by atoms with Crippen LogP contribution in [0.15, 0.2) is 41.0 Å². The van der Waals surface area contributed by atoms with E-state index >= 15 is 0 Å². The zero-order chi connectivity index (χ0) is 15.4. The largest absolute Gasteiger partial charge is 0.467 e. The molecule has 1 aromatic heterocycles. The van der Waals surface area contributed by atoms with E-state index in [1.807, 2.05) is 30.3 Å². The summed E-state index contributed by atoms with van der Waals surface area (Å²) in [6.07, 6.45) is 2.94. The van der Waals surface area contributed by atoms with Crippen LogP contribution in [-0.4, -0.2) is 24.3 Å². The minimum Gasteiger partial charge on any atom is -0.467 e. The molecule has 22 heavy (non-hydrogen) atoms. The fourth-order valence-electron chi connectivity index (χ4n) is 2.72. The van der Waals surface area contributed by atoms with Crippen molar-refractivity contribution in [1.82, 2.24) is 0 Å². The van der Waals surface area contributed by atoms with E-state index in [-0.39, 0.29) is 6.10 Å². The van der Waals surface area contributed by atoms with Crippen molar-refractivity contribution < 1.29 is 9.52 Å². The molecule has 0 unspecified atom stereocenters. The molecule has 1 fully saturated rings. The number of piperidine rings is 1. The fraction of sp³-hybridized carbons (Fsp3) is 0.353. The molecule has 1 saturated heterocycles. The van der Waals surface area contributed by atoms with Crippen molar-refractivity contribution in [2.45, 2.75) is 25.5 Å². The third-order valence-electron chi connectivity index (χ3n) is 3.97.